The highest BCUT2D eigenvalue weighted by Crippen LogP contribution is 2.30. The summed E-state index contributed by atoms with van der Waals surface area (Å²) in [6.07, 6.45) is 0. The van der Waals surface area contributed by atoms with E-state index < -0.39 is 29.0 Å². The van der Waals surface area contributed by atoms with Gasteiger partial charge in [-0.1, -0.05) is 18.7 Å². The van der Waals surface area contributed by atoms with Crippen LogP contribution in [0.1, 0.15) is 27.7 Å². The zero-order valence-electron chi connectivity index (χ0n) is 15.6. The molecule has 27 heavy (non-hydrogen) atoms. The second kappa shape index (κ2) is 7.70. The first kappa shape index (κ1) is 20.3. The molecule has 2 aromatic carbocycles. The normalized spacial score (nSPS) is 11.0. The molecule has 0 aliphatic heterocycles. The fraction of sp³-hybridized carbons (Fsp3) is 0.238. The molecule has 6 heteroatoms. The third-order valence-corrected chi connectivity index (χ3v) is 3.56. The van der Waals surface area contributed by atoms with Crippen LogP contribution in [0.15, 0.2) is 48.6 Å². The van der Waals surface area contributed by atoms with Crippen LogP contribution in [0.2, 0.25) is 0 Å². The third kappa shape index (κ3) is 5.00. The van der Waals surface area contributed by atoms with Crippen LogP contribution >= 0.6 is 0 Å². The van der Waals surface area contributed by atoms with Gasteiger partial charge in [-0.3, -0.25) is 4.79 Å². The predicted molar refractivity (Wildman–Crippen MR) is 97.3 cm³/mol. The lowest BCUT2D eigenvalue weighted by Gasteiger charge is -2.16. The summed E-state index contributed by atoms with van der Waals surface area (Å²) in [6, 6.07) is 7.83. The van der Waals surface area contributed by atoms with Crippen molar-refractivity contribution in [3.05, 3.63) is 60.2 Å². The van der Waals surface area contributed by atoms with Crippen molar-refractivity contribution in [1.29, 1.82) is 0 Å². The molecule has 0 radical (unpaired) electrons. The Balaban J connectivity index is 2.25. The smallest absolute Gasteiger partial charge is 0.338 e. The van der Waals surface area contributed by atoms with Crippen LogP contribution in [0, 0.1) is 17.0 Å². The maximum atomic E-state index is 14.3. The Morgan fingerprint density at radius 1 is 0.889 bits per heavy atom. The number of halogens is 2. The van der Waals surface area contributed by atoms with Crippen LogP contribution in [-0.4, -0.2) is 11.9 Å². The topological polar surface area (TPSA) is 52.6 Å². The molecule has 0 bridgehead atoms. The minimum atomic E-state index is -0.773. The van der Waals surface area contributed by atoms with Crippen LogP contribution < -0.4 is 9.47 Å². The summed E-state index contributed by atoms with van der Waals surface area (Å²) in [6.45, 7) is 9.85. The Hall–Kier alpha value is -3.02. The van der Waals surface area contributed by atoms with Crippen molar-refractivity contribution in [2.75, 3.05) is 0 Å². The molecule has 4 nitrogen and oxygen atoms in total. The van der Waals surface area contributed by atoms with Crippen molar-refractivity contribution in [2.24, 2.45) is 5.41 Å². The molecule has 0 spiro atoms. The van der Waals surface area contributed by atoms with Gasteiger partial charge in [-0.25, -0.2) is 13.6 Å². The highest BCUT2D eigenvalue weighted by Gasteiger charge is 2.25. The van der Waals surface area contributed by atoms with Gasteiger partial charge in [0.25, 0.3) is 0 Å². The standard InChI is InChI=1S/C21H20F2O4/c1-12(2)19(24)26-17-8-6-13(10-15(17)22)14-7-9-18(16(23)11-14)27-20(25)21(3,4)5/h6-11H,1H2,2-5H3. The predicted octanol–water partition coefficient (Wildman–Crippen LogP) is 5.06. The summed E-state index contributed by atoms with van der Waals surface area (Å²) in [4.78, 5) is 23.4. The van der Waals surface area contributed by atoms with E-state index in [1.807, 2.05) is 0 Å². The van der Waals surface area contributed by atoms with Gasteiger partial charge in [0.05, 0.1) is 5.41 Å². The lowest BCUT2D eigenvalue weighted by Crippen LogP contribution is -2.25. The molecule has 2 aromatic rings. The molecule has 2 rings (SSSR count). The molecule has 0 fully saturated rings. The summed E-state index contributed by atoms with van der Waals surface area (Å²) in [7, 11) is 0. The van der Waals surface area contributed by atoms with Crippen LogP contribution in [0.4, 0.5) is 8.78 Å². The Morgan fingerprint density at radius 3 is 1.70 bits per heavy atom. The Kier molecular flexibility index (Phi) is 5.78. The molecule has 0 amide bonds. The van der Waals surface area contributed by atoms with Crippen LogP contribution in [0.5, 0.6) is 11.5 Å². The number of ether oxygens (including phenoxy) is 2. The molecule has 0 aliphatic carbocycles. The van der Waals surface area contributed by atoms with Gasteiger partial charge in [0, 0.05) is 5.57 Å². The maximum Gasteiger partial charge on any atom is 0.338 e. The second-order valence-corrected chi connectivity index (χ2v) is 7.10. The van der Waals surface area contributed by atoms with Gasteiger partial charge < -0.3 is 9.47 Å². The number of rotatable bonds is 4. The highest BCUT2D eigenvalue weighted by atomic mass is 19.1. The van der Waals surface area contributed by atoms with Gasteiger partial charge in [0.15, 0.2) is 23.1 Å². The number of carbonyl (C=O) groups excluding carboxylic acids is 2. The first-order chi connectivity index (χ1) is 12.5. The molecule has 142 valence electrons. The number of benzene rings is 2. The van der Waals surface area contributed by atoms with E-state index in [2.05, 4.69) is 6.58 Å². The summed E-state index contributed by atoms with van der Waals surface area (Å²) >= 11 is 0. The Morgan fingerprint density at radius 2 is 1.33 bits per heavy atom. The van der Waals surface area contributed by atoms with E-state index in [1.54, 1.807) is 20.8 Å². The highest BCUT2D eigenvalue weighted by molar-refractivity contribution is 5.88. The van der Waals surface area contributed by atoms with Crippen molar-refractivity contribution in [2.45, 2.75) is 27.7 Å². The molecule has 0 saturated heterocycles. The van der Waals surface area contributed by atoms with Crippen LogP contribution in [0.3, 0.4) is 0 Å². The zero-order chi connectivity index (χ0) is 20.4. The minimum Gasteiger partial charge on any atom is -0.423 e. The van der Waals surface area contributed by atoms with E-state index in [-0.39, 0.29) is 17.1 Å². The van der Waals surface area contributed by atoms with Gasteiger partial charge in [0.1, 0.15) is 0 Å². The number of esters is 2. The van der Waals surface area contributed by atoms with Crippen molar-refractivity contribution >= 4 is 11.9 Å². The summed E-state index contributed by atoms with van der Waals surface area (Å²) in [5, 5.41) is 0. The van der Waals surface area contributed by atoms with E-state index in [9.17, 15) is 18.4 Å². The fourth-order valence-corrected chi connectivity index (χ4v) is 1.97. The van der Waals surface area contributed by atoms with Gasteiger partial charge in [-0.05, 0) is 63.1 Å². The summed E-state index contributed by atoms with van der Waals surface area (Å²) in [5.41, 5.74) is 0.113. The summed E-state index contributed by atoms with van der Waals surface area (Å²) in [5.74, 6) is -3.27. The van der Waals surface area contributed by atoms with Gasteiger partial charge in [0.2, 0.25) is 0 Å². The molecule has 0 aliphatic rings. The monoisotopic (exact) mass is 374 g/mol. The van der Waals surface area contributed by atoms with E-state index >= 15 is 0 Å². The molecule has 0 unspecified atom stereocenters. The average Bonchev–Trinajstić information content (AvgIpc) is 2.57. The van der Waals surface area contributed by atoms with E-state index in [0.717, 1.165) is 12.1 Å². The quantitative estimate of drug-likeness (QED) is 0.426. The molecular weight excluding hydrogens is 354 g/mol. The van der Waals surface area contributed by atoms with Crippen molar-refractivity contribution in [1.82, 2.24) is 0 Å². The maximum absolute atomic E-state index is 14.3. The molecule has 0 aromatic heterocycles. The van der Waals surface area contributed by atoms with E-state index in [0.29, 0.717) is 11.1 Å². The van der Waals surface area contributed by atoms with Crippen LogP contribution in [0.25, 0.3) is 11.1 Å². The van der Waals surface area contributed by atoms with Gasteiger partial charge >= 0.3 is 11.9 Å². The first-order valence-corrected chi connectivity index (χ1v) is 8.18. The largest absolute Gasteiger partial charge is 0.423 e. The van der Waals surface area contributed by atoms with Crippen molar-refractivity contribution < 1.29 is 27.8 Å². The van der Waals surface area contributed by atoms with Crippen molar-refractivity contribution in [3.8, 4) is 22.6 Å². The third-order valence-electron chi connectivity index (χ3n) is 3.56. The lowest BCUT2D eigenvalue weighted by molar-refractivity contribution is -0.143. The fourth-order valence-electron chi connectivity index (χ4n) is 1.97. The number of carbonyl (C=O) groups is 2. The molecule has 0 heterocycles. The Labute approximate surface area is 156 Å². The SMILES string of the molecule is C=C(C)C(=O)Oc1ccc(-c2ccc(OC(=O)C(C)(C)C)c(F)c2)cc1F. The summed E-state index contributed by atoms with van der Waals surface area (Å²) < 4.78 is 38.4. The molecular formula is C21H20F2O4. The van der Waals surface area contributed by atoms with Crippen molar-refractivity contribution in [3.63, 3.8) is 0 Å². The molecule has 0 atom stereocenters. The molecule has 0 N–H and O–H groups in total. The second-order valence-electron chi connectivity index (χ2n) is 7.10. The van der Waals surface area contributed by atoms with Gasteiger partial charge in [-0.15, -0.1) is 0 Å². The van der Waals surface area contributed by atoms with E-state index in [1.165, 1.54) is 31.2 Å². The first-order valence-electron chi connectivity index (χ1n) is 8.18. The Bertz CT molecular complexity index is 911. The van der Waals surface area contributed by atoms with E-state index in [4.69, 9.17) is 9.47 Å². The van der Waals surface area contributed by atoms with Crippen LogP contribution in [-0.2, 0) is 9.59 Å². The molecule has 0 saturated carbocycles. The lowest BCUT2D eigenvalue weighted by atomic mass is 9.97. The number of hydrogen-bond donors (Lipinski definition) is 0. The number of hydrogen-bond acceptors (Lipinski definition) is 4. The minimum absolute atomic E-state index is 0.140. The van der Waals surface area contributed by atoms with Gasteiger partial charge in [-0.2, -0.15) is 0 Å². The zero-order valence-corrected chi connectivity index (χ0v) is 15.6. The average molecular weight is 374 g/mol.